The summed E-state index contributed by atoms with van der Waals surface area (Å²) in [5.74, 6) is -0.213. The highest BCUT2D eigenvalue weighted by Crippen LogP contribution is 2.29. The quantitative estimate of drug-likeness (QED) is 0.308. The number of ketones is 1. The van der Waals surface area contributed by atoms with Gasteiger partial charge >= 0.3 is 0 Å². The zero-order chi connectivity index (χ0) is 21.9. The molecule has 0 atom stereocenters. The molecule has 32 heavy (non-hydrogen) atoms. The highest BCUT2D eigenvalue weighted by Gasteiger charge is 2.27. The molecule has 2 heterocycles. The highest BCUT2D eigenvalue weighted by molar-refractivity contribution is 5.98. The lowest BCUT2D eigenvalue weighted by Gasteiger charge is -2.07. The van der Waals surface area contributed by atoms with Gasteiger partial charge < -0.3 is 0 Å². The Labute approximate surface area is 185 Å². The molecule has 0 aliphatic heterocycles. The summed E-state index contributed by atoms with van der Waals surface area (Å²) in [5, 5.41) is 15.7. The van der Waals surface area contributed by atoms with Gasteiger partial charge in [-0.15, -0.1) is 0 Å². The van der Waals surface area contributed by atoms with Crippen LogP contribution < -0.4 is 4.57 Å². The first-order chi connectivity index (χ1) is 15.8. The van der Waals surface area contributed by atoms with E-state index in [0.29, 0.717) is 5.69 Å². The number of carbonyl (C=O) groups excluding carboxylic acids is 1. The van der Waals surface area contributed by atoms with Crippen molar-refractivity contribution in [3.8, 4) is 23.0 Å². The van der Waals surface area contributed by atoms with Gasteiger partial charge in [0.05, 0.1) is 11.4 Å². The van der Waals surface area contributed by atoms with Gasteiger partial charge in [-0.05, 0) is 24.3 Å². The molecule has 0 fully saturated rings. The second-order valence-corrected chi connectivity index (χ2v) is 7.42. The zero-order valence-corrected chi connectivity index (χ0v) is 17.2. The topological polar surface area (TPSA) is 62.6 Å². The van der Waals surface area contributed by atoms with Crippen molar-refractivity contribution in [3.05, 3.63) is 115 Å². The molecule has 0 aliphatic rings. The SMILES string of the molecule is N#Cc1c(C(=O)C[n+]2cccc3ccccc32)nn(-c2ccccc2)c1-c1ccccc1. The van der Waals surface area contributed by atoms with Gasteiger partial charge in [-0.25, -0.2) is 4.68 Å². The fourth-order valence-electron chi connectivity index (χ4n) is 3.93. The minimum Gasteiger partial charge on any atom is -0.285 e. The lowest BCUT2D eigenvalue weighted by molar-refractivity contribution is -0.657. The van der Waals surface area contributed by atoms with E-state index in [4.69, 9.17) is 0 Å². The van der Waals surface area contributed by atoms with E-state index in [2.05, 4.69) is 11.2 Å². The first-order valence-electron chi connectivity index (χ1n) is 10.3. The van der Waals surface area contributed by atoms with Crippen LogP contribution in [-0.2, 0) is 6.54 Å². The van der Waals surface area contributed by atoms with Crippen LogP contribution in [0, 0.1) is 11.3 Å². The number of hydrogen-bond donors (Lipinski definition) is 0. The summed E-state index contributed by atoms with van der Waals surface area (Å²) in [5.41, 5.74) is 3.65. The van der Waals surface area contributed by atoms with Crippen molar-refractivity contribution in [2.24, 2.45) is 0 Å². The third-order valence-corrected chi connectivity index (χ3v) is 5.41. The van der Waals surface area contributed by atoms with Crippen LogP contribution in [0.3, 0.4) is 0 Å². The van der Waals surface area contributed by atoms with Crippen molar-refractivity contribution < 1.29 is 9.36 Å². The first-order valence-corrected chi connectivity index (χ1v) is 10.3. The van der Waals surface area contributed by atoms with Crippen molar-refractivity contribution in [1.29, 1.82) is 5.26 Å². The number of fused-ring (bicyclic) bond motifs is 1. The van der Waals surface area contributed by atoms with Crippen LogP contribution in [0.15, 0.2) is 103 Å². The van der Waals surface area contributed by atoms with E-state index in [1.54, 1.807) is 4.68 Å². The Morgan fingerprint density at radius 3 is 2.28 bits per heavy atom. The maximum Gasteiger partial charge on any atom is 0.249 e. The van der Waals surface area contributed by atoms with Gasteiger partial charge in [-0.2, -0.15) is 14.9 Å². The largest absolute Gasteiger partial charge is 0.285 e. The first kappa shape index (κ1) is 19.4. The number of nitriles is 1. The number of nitrogens with zero attached hydrogens (tertiary/aromatic N) is 4. The molecule has 5 heteroatoms. The Bertz CT molecular complexity index is 1460. The third-order valence-electron chi connectivity index (χ3n) is 5.41. The number of para-hydroxylation sites is 2. The Morgan fingerprint density at radius 2 is 1.53 bits per heavy atom. The molecular formula is C27H19N4O+. The molecule has 0 N–H and O–H groups in total. The summed E-state index contributed by atoms with van der Waals surface area (Å²) < 4.78 is 3.58. The van der Waals surface area contributed by atoms with Crippen LogP contribution in [0.25, 0.3) is 27.8 Å². The Balaban J connectivity index is 1.65. The fourth-order valence-corrected chi connectivity index (χ4v) is 3.93. The molecule has 3 aromatic carbocycles. The van der Waals surface area contributed by atoms with Gasteiger partial charge in [0, 0.05) is 23.1 Å². The molecule has 0 spiro atoms. The van der Waals surface area contributed by atoms with E-state index < -0.39 is 0 Å². The minimum atomic E-state index is -0.213. The lowest BCUT2D eigenvalue weighted by atomic mass is 10.0. The van der Waals surface area contributed by atoms with E-state index in [1.165, 1.54) is 0 Å². The van der Waals surface area contributed by atoms with Crippen molar-refractivity contribution >= 4 is 16.7 Å². The van der Waals surface area contributed by atoms with Gasteiger partial charge in [-0.1, -0.05) is 60.7 Å². The predicted molar refractivity (Wildman–Crippen MR) is 122 cm³/mol. The van der Waals surface area contributed by atoms with Crippen LogP contribution in [0.5, 0.6) is 0 Å². The fraction of sp³-hybridized carbons (Fsp3) is 0.0370. The number of aromatic nitrogens is 3. The Kier molecular flexibility index (Phi) is 5.03. The number of benzene rings is 3. The normalized spacial score (nSPS) is 10.7. The van der Waals surface area contributed by atoms with E-state index in [9.17, 15) is 10.1 Å². The van der Waals surface area contributed by atoms with Crippen molar-refractivity contribution in [2.75, 3.05) is 0 Å². The standard InChI is InChI=1S/C27H19N4O/c28-18-23-26(25(32)19-30-17-9-13-20-10-7-8-16-24(20)30)29-31(22-14-5-2-6-15-22)27(23)21-11-3-1-4-12-21/h1-17H,19H2/q+1. The van der Waals surface area contributed by atoms with Crippen LogP contribution >= 0.6 is 0 Å². The molecule has 0 radical (unpaired) electrons. The third kappa shape index (κ3) is 3.44. The van der Waals surface area contributed by atoms with Gasteiger partial charge in [0.1, 0.15) is 11.6 Å². The summed E-state index contributed by atoms with van der Waals surface area (Å²) in [6, 6.07) is 33.2. The summed E-state index contributed by atoms with van der Waals surface area (Å²) in [6.07, 6.45) is 1.87. The molecular weight excluding hydrogens is 396 g/mol. The van der Waals surface area contributed by atoms with Gasteiger partial charge in [0.25, 0.3) is 0 Å². The summed E-state index contributed by atoms with van der Waals surface area (Å²) in [7, 11) is 0. The van der Waals surface area contributed by atoms with Gasteiger partial charge in [0.15, 0.2) is 11.9 Å². The molecule has 5 rings (SSSR count). The zero-order valence-electron chi connectivity index (χ0n) is 17.2. The summed E-state index contributed by atoms with van der Waals surface area (Å²) in [4.78, 5) is 13.4. The smallest absolute Gasteiger partial charge is 0.249 e. The van der Waals surface area contributed by atoms with E-state index in [-0.39, 0.29) is 23.6 Å². The van der Waals surface area contributed by atoms with Crippen LogP contribution in [0.4, 0.5) is 0 Å². The molecule has 0 bridgehead atoms. The molecule has 0 unspecified atom stereocenters. The number of hydrogen-bond acceptors (Lipinski definition) is 3. The number of carbonyl (C=O) groups is 1. The van der Waals surface area contributed by atoms with E-state index in [0.717, 1.165) is 22.2 Å². The molecule has 5 aromatic rings. The summed E-state index contributed by atoms with van der Waals surface area (Å²) in [6.45, 7) is 0.0933. The lowest BCUT2D eigenvalue weighted by Crippen LogP contribution is -2.38. The monoisotopic (exact) mass is 415 g/mol. The van der Waals surface area contributed by atoms with Gasteiger partial charge in [0.2, 0.25) is 17.8 Å². The van der Waals surface area contributed by atoms with Gasteiger partial charge in [-0.3, -0.25) is 4.79 Å². The minimum absolute atomic E-state index is 0.0933. The molecule has 5 nitrogen and oxygen atoms in total. The second-order valence-electron chi connectivity index (χ2n) is 7.42. The average molecular weight is 415 g/mol. The second kappa shape index (κ2) is 8.29. The van der Waals surface area contributed by atoms with E-state index >= 15 is 0 Å². The van der Waals surface area contributed by atoms with Crippen molar-refractivity contribution in [2.45, 2.75) is 6.54 Å². The van der Waals surface area contributed by atoms with Crippen LogP contribution in [-0.4, -0.2) is 15.6 Å². The molecule has 0 aliphatic carbocycles. The summed E-state index contributed by atoms with van der Waals surface area (Å²) >= 11 is 0. The highest BCUT2D eigenvalue weighted by atomic mass is 16.1. The Hall–Kier alpha value is -4.56. The number of Topliss-reactive ketones (excluding diaryl/α,β-unsaturated/α-hetero) is 1. The predicted octanol–water partition coefficient (Wildman–Crippen LogP) is 4.73. The van der Waals surface area contributed by atoms with Crippen LogP contribution in [0.2, 0.25) is 0 Å². The van der Waals surface area contributed by atoms with Crippen molar-refractivity contribution in [1.82, 2.24) is 9.78 Å². The molecule has 0 saturated heterocycles. The maximum absolute atomic E-state index is 13.4. The van der Waals surface area contributed by atoms with E-state index in [1.807, 2.05) is 108 Å². The molecule has 152 valence electrons. The number of pyridine rings is 1. The Morgan fingerprint density at radius 1 is 0.875 bits per heavy atom. The average Bonchev–Trinajstić information content (AvgIpc) is 3.25. The molecule has 0 saturated carbocycles. The molecule has 2 aromatic heterocycles. The van der Waals surface area contributed by atoms with Crippen molar-refractivity contribution in [3.63, 3.8) is 0 Å². The molecule has 0 amide bonds. The number of rotatable bonds is 5. The van der Waals surface area contributed by atoms with Crippen LogP contribution in [0.1, 0.15) is 16.1 Å². The maximum atomic E-state index is 13.4.